The van der Waals surface area contributed by atoms with Crippen molar-refractivity contribution in [3.8, 4) is 5.69 Å². The number of para-hydroxylation sites is 1. The number of imidazole rings is 1. The number of unbranched alkanes of at least 4 members (excludes halogenated alkanes) is 2. The SMILES string of the molecule is NCCCCCc1ncn2c1CCc1ccccc1-2. The second kappa shape index (κ2) is 5.57. The number of benzene rings is 1. The number of nitrogens with zero attached hydrogens (tertiary/aromatic N) is 2. The van der Waals surface area contributed by atoms with Gasteiger partial charge in [0, 0.05) is 11.4 Å². The minimum absolute atomic E-state index is 0.800. The number of hydrogen-bond donors (Lipinski definition) is 1. The molecule has 0 fully saturated rings. The van der Waals surface area contributed by atoms with Crippen LogP contribution in [0.1, 0.15) is 36.2 Å². The van der Waals surface area contributed by atoms with Gasteiger partial charge < -0.3 is 10.3 Å². The van der Waals surface area contributed by atoms with E-state index in [1.165, 1.54) is 35.5 Å². The van der Waals surface area contributed by atoms with Crippen LogP contribution in [-0.4, -0.2) is 16.1 Å². The van der Waals surface area contributed by atoms with Gasteiger partial charge in [-0.05, 0) is 50.3 Å². The number of nitrogens with two attached hydrogens (primary N) is 1. The second-order valence-electron chi connectivity index (χ2n) is 5.24. The molecule has 0 saturated carbocycles. The van der Waals surface area contributed by atoms with E-state index in [4.69, 9.17) is 5.73 Å². The maximum absolute atomic E-state index is 5.53. The smallest absolute Gasteiger partial charge is 0.0997 e. The van der Waals surface area contributed by atoms with Crippen molar-refractivity contribution in [1.29, 1.82) is 0 Å². The van der Waals surface area contributed by atoms with Crippen LogP contribution >= 0.6 is 0 Å². The van der Waals surface area contributed by atoms with Crippen LogP contribution in [-0.2, 0) is 19.3 Å². The van der Waals surface area contributed by atoms with E-state index >= 15 is 0 Å². The van der Waals surface area contributed by atoms with E-state index in [0.717, 1.165) is 32.2 Å². The molecule has 2 N–H and O–H groups in total. The molecule has 0 amide bonds. The van der Waals surface area contributed by atoms with Gasteiger partial charge in [0.05, 0.1) is 12.0 Å². The highest BCUT2D eigenvalue weighted by molar-refractivity contribution is 5.46. The first-order valence-electron chi connectivity index (χ1n) is 7.23. The molecule has 19 heavy (non-hydrogen) atoms. The molecule has 3 nitrogen and oxygen atoms in total. The highest BCUT2D eigenvalue weighted by atomic mass is 15.1. The molecule has 3 heteroatoms. The summed E-state index contributed by atoms with van der Waals surface area (Å²) in [6, 6.07) is 8.64. The molecule has 1 aliphatic heterocycles. The monoisotopic (exact) mass is 255 g/mol. The maximum atomic E-state index is 5.53. The zero-order valence-corrected chi connectivity index (χ0v) is 11.3. The van der Waals surface area contributed by atoms with Crippen molar-refractivity contribution in [2.24, 2.45) is 5.73 Å². The van der Waals surface area contributed by atoms with Gasteiger partial charge in [-0.25, -0.2) is 4.98 Å². The molecule has 0 radical (unpaired) electrons. The van der Waals surface area contributed by atoms with Gasteiger partial charge in [-0.15, -0.1) is 0 Å². The van der Waals surface area contributed by atoms with Crippen molar-refractivity contribution in [3.05, 3.63) is 47.5 Å². The Morgan fingerprint density at radius 1 is 1.11 bits per heavy atom. The zero-order chi connectivity index (χ0) is 13.1. The number of rotatable bonds is 5. The standard InChI is InChI=1S/C16H21N3/c17-11-5-1-2-7-14-16-10-9-13-6-3-4-8-15(13)19(16)12-18-14/h3-4,6,8,12H,1-2,5,7,9-11,17H2. The molecule has 3 rings (SSSR count). The molecule has 1 aliphatic rings. The van der Waals surface area contributed by atoms with Crippen LogP contribution in [0.5, 0.6) is 0 Å². The molecule has 0 saturated heterocycles. The van der Waals surface area contributed by atoms with Gasteiger partial charge in [0.2, 0.25) is 0 Å². The van der Waals surface area contributed by atoms with Crippen molar-refractivity contribution < 1.29 is 0 Å². The van der Waals surface area contributed by atoms with Gasteiger partial charge in [-0.2, -0.15) is 0 Å². The summed E-state index contributed by atoms with van der Waals surface area (Å²) in [5.41, 5.74) is 11.0. The van der Waals surface area contributed by atoms with Crippen molar-refractivity contribution in [3.63, 3.8) is 0 Å². The summed E-state index contributed by atoms with van der Waals surface area (Å²) in [4.78, 5) is 4.63. The van der Waals surface area contributed by atoms with Gasteiger partial charge >= 0.3 is 0 Å². The lowest BCUT2D eigenvalue weighted by molar-refractivity contribution is 0.673. The van der Waals surface area contributed by atoms with E-state index in [1.807, 2.05) is 6.33 Å². The predicted octanol–water partition coefficient (Wildman–Crippen LogP) is 2.64. The molecule has 2 heterocycles. The summed E-state index contributed by atoms with van der Waals surface area (Å²) in [6.45, 7) is 0.800. The highest BCUT2D eigenvalue weighted by Gasteiger charge is 2.18. The predicted molar refractivity (Wildman–Crippen MR) is 77.6 cm³/mol. The summed E-state index contributed by atoms with van der Waals surface area (Å²) in [5, 5.41) is 0. The molecule has 2 aromatic rings. The zero-order valence-electron chi connectivity index (χ0n) is 11.3. The summed E-state index contributed by atoms with van der Waals surface area (Å²) in [5.74, 6) is 0. The fourth-order valence-corrected chi connectivity index (χ4v) is 2.92. The Hall–Kier alpha value is -1.61. The second-order valence-corrected chi connectivity index (χ2v) is 5.24. The average molecular weight is 255 g/mol. The Morgan fingerprint density at radius 2 is 2.00 bits per heavy atom. The molecule has 0 aliphatic carbocycles. The van der Waals surface area contributed by atoms with Crippen LogP contribution in [0.4, 0.5) is 0 Å². The molecule has 0 atom stereocenters. The molecule has 1 aromatic heterocycles. The molecule has 0 unspecified atom stereocenters. The van der Waals surface area contributed by atoms with E-state index in [-0.39, 0.29) is 0 Å². The third kappa shape index (κ3) is 2.43. The van der Waals surface area contributed by atoms with Crippen molar-refractivity contribution in [1.82, 2.24) is 9.55 Å². The van der Waals surface area contributed by atoms with Gasteiger partial charge in [-0.3, -0.25) is 0 Å². The molecular weight excluding hydrogens is 234 g/mol. The number of aromatic nitrogens is 2. The summed E-state index contributed by atoms with van der Waals surface area (Å²) >= 11 is 0. The van der Waals surface area contributed by atoms with Crippen LogP contribution in [0.15, 0.2) is 30.6 Å². The molecule has 0 bridgehead atoms. The highest BCUT2D eigenvalue weighted by Crippen LogP contribution is 2.26. The molecule has 1 aromatic carbocycles. The minimum Gasteiger partial charge on any atom is -0.330 e. The summed E-state index contributed by atoms with van der Waals surface area (Å²) in [6.07, 6.45) is 8.86. The fourth-order valence-electron chi connectivity index (χ4n) is 2.92. The van der Waals surface area contributed by atoms with Crippen molar-refractivity contribution >= 4 is 0 Å². The van der Waals surface area contributed by atoms with Crippen LogP contribution < -0.4 is 5.73 Å². The van der Waals surface area contributed by atoms with Gasteiger partial charge in [0.25, 0.3) is 0 Å². The van der Waals surface area contributed by atoms with Crippen LogP contribution in [0, 0.1) is 0 Å². The van der Waals surface area contributed by atoms with E-state index in [2.05, 4.69) is 33.8 Å². The van der Waals surface area contributed by atoms with Gasteiger partial charge in [0.1, 0.15) is 0 Å². The maximum Gasteiger partial charge on any atom is 0.0997 e. The van der Waals surface area contributed by atoms with Crippen LogP contribution in [0.3, 0.4) is 0 Å². The quantitative estimate of drug-likeness (QED) is 0.835. The third-order valence-corrected chi connectivity index (χ3v) is 3.95. The Balaban J connectivity index is 1.79. The third-order valence-electron chi connectivity index (χ3n) is 3.95. The van der Waals surface area contributed by atoms with E-state index in [0.29, 0.717) is 0 Å². The lowest BCUT2D eigenvalue weighted by Crippen LogP contribution is -2.12. The van der Waals surface area contributed by atoms with Crippen LogP contribution in [0.2, 0.25) is 0 Å². The lowest BCUT2D eigenvalue weighted by Gasteiger charge is -2.19. The van der Waals surface area contributed by atoms with Crippen LogP contribution in [0.25, 0.3) is 5.69 Å². The number of hydrogen-bond acceptors (Lipinski definition) is 2. The Morgan fingerprint density at radius 3 is 2.89 bits per heavy atom. The Kier molecular flexibility index (Phi) is 3.65. The van der Waals surface area contributed by atoms with Gasteiger partial charge in [0.15, 0.2) is 0 Å². The topological polar surface area (TPSA) is 43.8 Å². The van der Waals surface area contributed by atoms with E-state index < -0.39 is 0 Å². The number of aryl methyl sites for hydroxylation is 2. The lowest BCUT2D eigenvalue weighted by atomic mass is 9.99. The molecule has 100 valence electrons. The molecule has 0 spiro atoms. The first kappa shape index (κ1) is 12.4. The minimum atomic E-state index is 0.800. The normalized spacial score (nSPS) is 13.1. The average Bonchev–Trinajstić information content (AvgIpc) is 2.87. The van der Waals surface area contributed by atoms with Gasteiger partial charge in [-0.1, -0.05) is 24.6 Å². The fraction of sp³-hybridized carbons (Fsp3) is 0.438. The van der Waals surface area contributed by atoms with Crippen molar-refractivity contribution in [2.45, 2.75) is 38.5 Å². The van der Waals surface area contributed by atoms with Crippen molar-refractivity contribution in [2.75, 3.05) is 6.54 Å². The Bertz CT molecular complexity index is 557. The first-order valence-corrected chi connectivity index (χ1v) is 7.23. The van der Waals surface area contributed by atoms with E-state index in [1.54, 1.807) is 0 Å². The summed E-state index contributed by atoms with van der Waals surface area (Å²) in [7, 11) is 0. The number of fused-ring (bicyclic) bond motifs is 3. The molecular formula is C16H21N3. The largest absolute Gasteiger partial charge is 0.330 e. The first-order chi connectivity index (χ1) is 9.40. The summed E-state index contributed by atoms with van der Waals surface area (Å²) < 4.78 is 2.27. The van der Waals surface area contributed by atoms with E-state index in [9.17, 15) is 0 Å². The Labute approximate surface area is 114 Å².